The number of nitrogens with one attached hydrogen (secondary N) is 1. The average molecular weight is 276 g/mol. The van der Waals surface area contributed by atoms with E-state index in [1.54, 1.807) is 7.11 Å². The summed E-state index contributed by atoms with van der Waals surface area (Å²) < 4.78 is 11.0. The van der Waals surface area contributed by atoms with Gasteiger partial charge in [0.25, 0.3) is 0 Å². The molecule has 0 radical (unpaired) electrons. The van der Waals surface area contributed by atoms with Crippen LogP contribution in [-0.2, 0) is 11.3 Å². The molecule has 1 aromatic carbocycles. The molecule has 1 heterocycles. The molecule has 1 atom stereocenters. The fourth-order valence-corrected chi connectivity index (χ4v) is 2.14. The molecular formula is C16H24N2O2. The normalized spacial score (nSPS) is 13.3. The van der Waals surface area contributed by atoms with Crippen molar-refractivity contribution in [1.29, 1.82) is 0 Å². The van der Waals surface area contributed by atoms with Crippen molar-refractivity contribution in [3.63, 3.8) is 0 Å². The van der Waals surface area contributed by atoms with Crippen LogP contribution >= 0.6 is 0 Å². The zero-order chi connectivity index (χ0) is 14.7. The molecule has 4 nitrogen and oxygen atoms in total. The molecule has 2 rings (SSSR count). The van der Waals surface area contributed by atoms with Crippen molar-refractivity contribution in [3.8, 4) is 0 Å². The SMILES string of the molecule is COC(C)CNCc1cc(C)c2oc(C(C)C)nc2c1. The van der Waals surface area contributed by atoms with E-state index in [0.29, 0.717) is 5.92 Å². The van der Waals surface area contributed by atoms with Gasteiger partial charge in [0.2, 0.25) is 0 Å². The maximum Gasteiger partial charge on any atom is 0.198 e. The second-order valence-electron chi connectivity index (χ2n) is 5.64. The van der Waals surface area contributed by atoms with E-state index in [9.17, 15) is 0 Å². The van der Waals surface area contributed by atoms with E-state index in [0.717, 1.165) is 35.6 Å². The number of nitrogens with zero attached hydrogens (tertiary/aromatic N) is 1. The van der Waals surface area contributed by atoms with E-state index in [1.807, 2.05) is 6.92 Å². The summed E-state index contributed by atoms with van der Waals surface area (Å²) >= 11 is 0. The van der Waals surface area contributed by atoms with Crippen molar-refractivity contribution in [2.24, 2.45) is 0 Å². The number of hydrogen-bond donors (Lipinski definition) is 1. The van der Waals surface area contributed by atoms with Gasteiger partial charge in [0.15, 0.2) is 11.5 Å². The molecule has 0 aliphatic rings. The summed E-state index contributed by atoms with van der Waals surface area (Å²) in [6, 6.07) is 4.25. The molecule has 0 fully saturated rings. The fraction of sp³-hybridized carbons (Fsp3) is 0.562. The molecule has 0 saturated heterocycles. The predicted molar refractivity (Wildman–Crippen MR) is 81.0 cm³/mol. The highest BCUT2D eigenvalue weighted by Crippen LogP contribution is 2.25. The molecular weight excluding hydrogens is 252 g/mol. The van der Waals surface area contributed by atoms with Crippen molar-refractivity contribution in [2.45, 2.75) is 46.3 Å². The summed E-state index contributed by atoms with van der Waals surface area (Å²) in [6.45, 7) is 9.95. The summed E-state index contributed by atoms with van der Waals surface area (Å²) in [5, 5.41) is 3.39. The van der Waals surface area contributed by atoms with Gasteiger partial charge in [-0.1, -0.05) is 19.9 Å². The lowest BCUT2D eigenvalue weighted by molar-refractivity contribution is 0.117. The van der Waals surface area contributed by atoms with Crippen molar-refractivity contribution < 1.29 is 9.15 Å². The van der Waals surface area contributed by atoms with Crippen LogP contribution in [0.15, 0.2) is 16.5 Å². The number of rotatable bonds is 6. The van der Waals surface area contributed by atoms with Crippen LogP contribution in [0.1, 0.15) is 43.7 Å². The van der Waals surface area contributed by atoms with E-state index in [2.05, 4.69) is 43.2 Å². The number of aromatic nitrogens is 1. The van der Waals surface area contributed by atoms with E-state index < -0.39 is 0 Å². The van der Waals surface area contributed by atoms with Gasteiger partial charge >= 0.3 is 0 Å². The molecule has 0 amide bonds. The second kappa shape index (κ2) is 6.37. The standard InChI is InChI=1S/C16H24N2O2/c1-10(2)16-18-14-7-13(6-11(3)15(14)20-16)9-17-8-12(4)19-5/h6-7,10,12,17H,8-9H2,1-5H3. The van der Waals surface area contributed by atoms with Crippen molar-refractivity contribution in [2.75, 3.05) is 13.7 Å². The molecule has 0 spiro atoms. The van der Waals surface area contributed by atoms with Gasteiger partial charge in [-0.2, -0.15) is 0 Å². The molecule has 0 aliphatic heterocycles. The van der Waals surface area contributed by atoms with Gasteiger partial charge < -0.3 is 14.5 Å². The van der Waals surface area contributed by atoms with Crippen molar-refractivity contribution in [3.05, 3.63) is 29.2 Å². The Bertz CT molecular complexity index is 575. The van der Waals surface area contributed by atoms with Crippen molar-refractivity contribution >= 4 is 11.1 Å². The van der Waals surface area contributed by atoms with Crippen LogP contribution in [0.3, 0.4) is 0 Å². The minimum atomic E-state index is 0.222. The van der Waals surface area contributed by atoms with Gasteiger partial charge in [-0.25, -0.2) is 4.98 Å². The maximum atomic E-state index is 5.82. The Hall–Kier alpha value is -1.39. The van der Waals surface area contributed by atoms with Gasteiger partial charge in [-0.3, -0.25) is 0 Å². The van der Waals surface area contributed by atoms with Crippen LogP contribution in [0.25, 0.3) is 11.1 Å². The van der Waals surface area contributed by atoms with Crippen LogP contribution < -0.4 is 5.32 Å². The zero-order valence-electron chi connectivity index (χ0n) is 13.0. The molecule has 2 aromatic rings. The molecule has 0 aliphatic carbocycles. The van der Waals surface area contributed by atoms with E-state index in [-0.39, 0.29) is 6.10 Å². The Kier molecular flexibility index (Phi) is 4.78. The summed E-state index contributed by atoms with van der Waals surface area (Å²) in [6.07, 6.45) is 0.222. The molecule has 1 aromatic heterocycles. The Labute approximate surface area is 120 Å². The van der Waals surface area contributed by atoms with Crippen LogP contribution in [0, 0.1) is 6.92 Å². The predicted octanol–water partition coefficient (Wildman–Crippen LogP) is 3.38. The number of methoxy groups -OCH3 is 1. The first kappa shape index (κ1) is 15.0. The second-order valence-corrected chi connectivity index (χ2v) is 5.64. The molecule has 0 bridgehead atoms. The third-order valence-electron chi connectivity index (χ3n) is 3.41. The van der Waals surface area contributed by atoms with Gasteiger partial charge in [-0.05, 0) is 31.0 Å². The first-order valence-corrected chi connectivity index (χ1v) is 7.14. The van der Waals surface area contributed by atoms with Crippen LogP contribution in [0.5, 0.6) is 0 Å². The largest absolute Gasteiger partial charge is 0.440 e. The number of oxazole rings is 1. The lowest BCUT2D eigenvalue weighted by Crippen LogP contribution is -2.25. The van der Waals surface area contributed by atoms with Crippen molar-refractivity contribution in [1.82, 2.24) is 10.3 Å². The maximum absolute atomic E-state index is 5.82. The van der Waals surface area contributed by atoms with E-state index >= 15 is 0 Å². The van der Waals surface area contributed by atoms with Gasteiger partial charge in [0.05, 0.1) is 6.10 Å². The van der Waals surface area contributed by atoms with Crippen LogP contribution in [0.4, 0.5) is 0 Å². The molecule has 20 heavy (non-hydrogen) atoms. The smallest absolute Gasteiger partial charge is 0.198 e. The molecule has 1 N–H and O–H groups in total. The van der Waals surface area contributed by atoms with Gasteiger partial charge in [0.1, 0.15) is 5.52 Å². The van der Waals surface area contributed by atoms with Crippen LogP contribution in [-0.4, -0.2) is 24.7 Å². The zero-order valence-corrected chi connectivity index (χ0v) is 13.0. The monoisotopic (exact) mass is 276 g/mol. The molecule has 0 saturated carbocycles. The molecule has 1 unspecified atom stereocenters. The fourth-order valence-electron chi connectivity index (χ4n) is 2.14. The third kappa shape index (κ3) is 3.38. The number of aryl methyl sites for hydroxylation is 1. The average Bonchev–Trinajstić information content (AvgIpc) is 2.83. The number of ether oxygens (including phenoxy) is 1. The van der Waals surface area contributed by atoms with E-state index in [1.165, 1.54) is 5.56 Å². The lowest BCUT2D eigenvalue weighted by atomic mass is 10.1. The summed E-state index contributed by atoms with van der Waals surface area (Å²) in [5.74, 6) is 1.12. The summed E-state index contributed by atoms with van der Waals surface area (Å²) in [4.78, 5) is 4.57. The molecule has 110 valence electrons. The summed E-state index contributed by atoms with van der Waals surface area (Å²) in [7, 11) is 1.73. The lowest BCUT2D eigenvalue weighted by Gasteiger charge is -2.10. The highest BCUT2D eigenvalue weighted by Gasteiger charge is 2.12. The Morgan fingerprint density at radius 3 is 2.70 bits per heavy atom. The quantitative estimate of drug-likeness (QED) is 0.878. The topological polar surface area (TPSA) is 47.3 Å². The Morgan fingerprint density at radius 1 is 1.30 bits per heavy atom. The first-order chi connectivity index (χ1) is 9.51. The Balaban J connectivity index is 2.15. The highest BCUT2D eigenvalue weighted by atomic mass is 16.5. The molecule has 4 heteroatoms. The third-order valence-corrected chi connectivity index (χ3v) is 3.41. The number of benzene rings is 1. The first-order valence-electron chi connectivity index (χ1n) is 7.14. The van der Waals surface area contributed by atoms with E-state index in [4.69, 9.17) is 9.15 Å². The number of fused-ring (bicyclic) bond motifs is 1. The highest BCUT2D eigenvalue weighted by molar-refractivity contribution is 5.77. The Morgan fingerprint density at radius 2 is 2.05 bits per heavy atom. The van der Waals surface area contributed by atoms with Gasteiger partial charge in [-0.15, -0.1) is 0 Å². The minimum Gasteiger partial charge on any atom is -0.440 e. The summed E-state index contributed by atoms with van der Waals surface area (Å²) in [5.41, 5.74) is 4.22. The van der Waals surface area contributed by atoms with Crippen LogP contribution in [0.2, 0.25) is 0 Å². The van der Waals surface area contributed by atoms with Gasteiger partial charge in [0, 0.05) is 26.1 Å². The number of hydrogen-bond acceptors (Lipinski definition) is 4. The minimum absolute atomic E-state index is 0.222.